The number of carbonyl (C=O) groups excluding carboxylic acids is 1. The van der Waals surface area contributed by atoms with Crippen molar-refractivity contribution in [3.8, 4) is 5.75 Å². The summed E-state index contributed by atoms with van der Waals surface area (Å²) in [6.07, 6.45) is 0.395. The predicted molar refractivity (Wildman–Crippen MR) is 122 cm³/mol. The molecule has 0 radical (unpaired) electrons. The van der Waals surface area contributed by atoms with Crippen molar-refractivity contribution in [1.82, 2.24) is 0 Å². The van der Waals surface area contributed by atoms with Crippen molar-refractivity contribution in [3.05, 3.63) is 93.0 Å². The van der Waals surface area contributed by atoms with Crippen LogP contribution in [0.15, 0.2) is 65.7 Å². The summed E-state index contributed by atoms with van der Waals surface area (Å²) in [6.45, 7) is 1.98. The maximum absolute atomic E-state index is 13.0. The molecule has 1 atom stereocenters. The monoisotopic (exact) mass is 438 g/mol. The molecule has 1 aliphatic rings. The normalized spacial score (nSPS) is 15.7. The second-order valence-electron chi connectivity index (χ2n) is 7.15. The van der Waals surface area contributed by atoms with Gasteiger partial charge in [0, 0.05) is 27.6 Å². The van der Waals surface area contributed by atoms with Gasteiger partial charge >= 0.3 is 0 Å². The molecule has 0 saturated heterocycles. The predicted octanol–water partition coefficient (Wildman–Crippen LogP) is 5.71. The molecular weight excluding hydrogens is 419 g/mol. The number of carbonyl (C=O) groups is 1. The molecule has 1 amide bonds. The molecule has 4 nitrogen and oxygen atoms in total. The lowest BCUT2D eigenvalue weighted by Crippen LogP contribution is -2.27. The molecular formula is C24H20Cl2N2O2. The number of rotatable bonds is 4. The van der Waals surface area contributed by atoms with E-state index in [4.69, 9.17) is 32.9 Å². The standard InChI is InChI=1S/C24H20Cl2N2O2/c1-14-11-16(7-10-22(14)30-2)23-18-13-17(25)8-9-20(18)28-24(29)21(27-23)12-15-5-3-4-6-19(15)26/h3-11,13,21H,12H2,1-2H3,(H,28,29). The largest absolute Gasteiger partial charge is 0.496 e. The molecule has 152 valence electrons. The van der Waals surface area contributed by atoms with Crippen LogP contribution in [0.1, 0.15) is 22.3 Å². The Morgan fingerprint density at radius 2 is 1.87 bits per heavy atom. The number of amides is 1. The summed E-state index contributed by atoms with van der Waals surface area (Å²) in [5, 5.41) is 4.19. The van der Waals surface area contributed by atoms with Crippen molar-refractivity contribution < 1.29 is 9.53 Å². The van der Waals surface area contributed by atoms with Crippen molar-refractivity contribution >= 4 is 40.5 Å². The molecule has 0 aliphatic carbocycles. The molecule has 0 bridgehead atoms. The summed E-state index contributed by atoms with van der Waals surface area (Å²) < 4.78 is 5.39. The van der Waals surface area contributed by atoms with Gasteiger partial charge in [0.2, 0.25) is 5.91 Å². The molecule has 0 aromatic heterocycles. The maximum atomic E-state index is 13.0. The Morgan fingerprint density at radius 1 is 1.07 bits per heavy atom. The van der Waals surface area contributed by atoms with Crippen molar-refractivity contribution in [2.45, 2.75) is 19.4 Å². The lowest BCUT2D eigenvalue weighted by Gasteiger charge is -2.13. The average Bonchev–Trinajstić information content (AvgIpc) is 2.86. The zero-order chi connectivity index (χ0) is 21.3. The number of anilines is 1. The Kier molecular flexibility index (Phi) is 5.80. The summed E-state index contributed by atoms with van der Waals surface area (Å²) in [4.78, 5) is 17.9. The van der Waals surface area contributed by atoms with E-state index in [1.165, 1.54) is 0 Å². The number of ether oxygens (including phenoxy) is 1. The minimum absolute atomic E-state index is 0.182. The van der Waals surface area contributed by atoms with Crippen LogP contribution >= 0.6 is 23.2 Å². The van der Waals surface area contributed by atoms with Gasteiger partial charge in [-0.25, -0.2) is 0 Å². The number of benzodiazepines with no additional fused rings is 1. The van der Waals surface area contributed by atoms with Gasteiger partial charge < -0.3 is 10.1 Å². The summed E-state index contributed by atoms with van der Waals surface area (Å²) in [5.41, 5.74) is 4.90. The smallest absolute Gasteiger partial charge is 0.249 e. The number of hydrogen-bond acceptors (Lipinski definition) is 3. The van der Waals surface area contributed by atoms with Gasteiger partial charge in [0.05, 0.1) is 18.5 Å². The highest BCUT2D eigenvalue weighted by Gasteiger charge is 2.27. The molecule has 3 aromatic rings. The topological polar surface area (TPSA) is 50.7 Å². The van der Waals surface area contributed by atoms with Crippen molar-refractivity contribution in [2.24, 2.45) is 4.99 Å². The fourth-order valence-corrected chi connectivity index (χ4v) is 3.97. The lowest BCUT2D eigenvalue weighted by atomic mass is 9.98. The Bertz CT molecular complexity index is 1160. The van der Waals surface area contributed by atoms with Crippen LogP contribution in [0, 0.1) is 6.92 Å². The van der Waals surface area contributed by atoms with Crippen LogP contribution in [0.2, 0.25) is 10.0 Å². The van der Waals surface area contributed by atoms with Crippen LogP contribution in [0.4, 0.5) is 5.69 Å². The van der Waals surface area contributed by atoms with Gasteiger partial charge in [-0.1, -0.05) is 41.4 Å². The van der Waals surface area contributed by atoms with Crippen molar-refractivity contribution in [3.63, 3.8) is 0 Å². The summed E-state index contributed by atoms with van der Waals surface area (Å²) in [7, 11) is 1.64. The minimum atomic E-state index is -0.631. The summed E-state index contributed by atoms with van der Waals surface area (Å²) in [6, 6.07) is 18.1. The van der Waals surface area contributed by atoms with Crippen molar-refractivity contribution in [1.29, 1.82) is 0 Å². The van der Waals surface area contributed by atoms with E-state index in [1.54, 1.807) is 19.2 Å². The number of methoxy groups -OCH3 is 1. The van der Waals surface area contributed by atoms with E-state index in [0.29, 0.717) is 27.9 Å². The molecule has 1 N–H and O–H groups in total. The van der Waals surface area contributed by atoms with Gasteiger partial charge in [0.1, 0.15) is 11.8 Å². The van der Waals surface area contributed by atoms with Crippen LogP contribution in [-0.2, 0) is 11.2 Å². The lowest BCUT2D eigenvalue weighted by molar-refractivity contribution is -0.117. The molecule has 1 unspecified atom stereocenters. The second kappa shape index (κ2) is 8.50. The number of benzene rings is 3. The quantitative estimate of drug-likeness (QED) is 0.566. The number of fused-ring (bicyclic) bond motifs is 1. The molecule has 3 aromatic carbocycles. The van der Waals surface area contributed by atoms with E-state index >= 15 is 0 Å². The number of hydrogen-bond donors (Lipinski definition) is 1. The first-order valence-corrected chi connectivity index (χ1v) is 10.3. The van der Waals surface area contributed by atoms with Gasteiger partial charge in [-0.2, -0.15) is 0 Å². The molecule has 1 heterocycles. The fourth-order valence-electron chi connectivity index (χ4n) is 3.59. The molecule has 0 spiro atoms. The summed E-state index contributed by atoms with van der Waals surface area (Å²) in [5.74, 6) is 0.611. The Labute approximate surface area is 185 Å². The van der Waals surface area contributed by atoms with Gasteiger partial charge in [0.15, 0.2) is 0 Å². The average molecular weight is 439 g/mol. The highest BCUT2D eigenvalue weighted by molar-refractivity contribution is 6.32. The second-order valence-corrected chi connectivity index (χ2v) is 8.00. The number of aliphatic imine (C=N–C) groups is 1. The molecule has 30 heavy (non-hydrogen) atoms. The van der Waals surface area contributed by atoms with E-state index in [-0.39, 0.29) is 5.91 Å². The minimum Gasteiger partial charge on any atom is -0.496 e. The Morgan fingerprint density at radius 3 is 2.60 bits per heavy atom. The first-order chi connectivity index (χ1) is 14.5. The molecule has 0 saturated carbocycles. The third kappa shape index (κ3) is 4.07. The molecule has 6 heteroatoms. The third-order valence-corrected chi connectivity index (χ3v) is 5.73. The molecule has 1 aliphatic heterocycles. The SMILES string of the molecule is COc1ccc(C2=NC(Cc3ccccc3Cl)C(=O)Nc3ccc(Cl)cc32)cc1C. The highest BCUT2D eigenvalue weighted by Crippen LogP contribution is 2.30. The number of nitrogens with one attached hydrogen (secondary N) is 1. The first kappa shape index (κ1) is 20.5. The molecule has 0 fully saturated rings. The van der Waals surface area contributed by atoms with Crippen LogP contribution in [-0.4, -0.2) is 24.8 Å². The van der Waals surface area contributed by atoms with E-state index in [1.807, 2.05) is 55.5 Å². The van der Waals surface area contributed by atoms with Gasteiger partial charge in [-0.3, -0.25) is 9.79 Å². The first-order valence-electron chi connectivity index (χ1n) is 9.53. The van der Waals surface area contributed by atoms with E-state index in [2.05, 4.69) is 5.32 Å². The maximum Gasteiger partial charge on any atom is 0.249 e. The van der Waals surface area contributed by atoms with E-state index in [9.17, 15) is 4.79 Å². The van der Waals surface area contributed by atoms with Crippen LogP contribution in [0.3, 0.4) is 0 Å². The summed E-state index contributed by atoms with van der Waals surface area (Å²) >= 11 is 12.6. The highest BCUT2D eigenvalue weighted by atomic mass is 35.5. The Balaban J connectivity index is 1.85. The number of aryl methyl sites for hydroxylation is 1. The van der Waals surface area contributed by atoms with E-state index in [0.717, 1.165) is 28.0 Å². The third-order valence-electron chi connectivity index (χ3n) is 5.12. The number of nitrogens with zero attached hydrogens (tertiary/aromatic N) is 1. The van der Waals surface area contributed by atoms with Gasteiger partial charge in [0.25, 0.3) is 0 Å². The van der Waals surface area contributed by atoms with Crippen molar-refractivity contribution in [2.75, 3.05) is 12.4 Å². The van der Waals surface area contributed by atoms with Crippen LogP contribution in [0.25, 0.3) is 0 Å². The Hall–Kier alpha value is -2.82. The molecule has 4 rings (SSSR count). The van der Waals surface area contributed by atoms with Gasteiger partial charge in [-0.15, -0.1) is 0 Å². The van der Waals surface area contributed by atoms with Crippen LogP contribution < -0.4 is 10.1 Å². The van der Waals surface area contributed by atoms with Gasteiger partial charge in [-0.05, 0) is 60.5 Å². The fraction of sp³-hybridized carbons (Fsp3) is 0.167. The number of halogens is 2. The zero-order valence-corrected chi connectivity index (χ0v) is 18.1. The van der Waals surface area contributed by atoms with E-state index < -0.39 is 6.04 Å². The zero-order valence-electron chi connectivity index (χ0n) is 16.6. The van der Waals surface area contributed by atoms with Crippen LogP contribution in [0.5, 0.6) is 5.75 Å².